The predicted molar refractivity (Wildman–Crippen MR) is 115 cm³/mol. The molecule has 0 spiro atoms. The molecule has 0 bridgehead atoms. The van der Waals surface area contributed by atoms with Crippen molar-refractivity contribution in [3.05, 3.63) is 94.8 Å². The van der Waals surface area contributed by atoms with Crippen LogP contribution in [0.5, 0.6) is 0 Å². The summed E-state index contributed by atoms with van der Waals surface area (Å²) >= 11 is 0. The number of hydrogen-bond donors (Lipinski definition) is 1. The second-order valence-electron chi connectivity index (χ2n) is 7.47. The maximum absolute atomic E-state index is 13.3. The van der Waals surface area contributed by atoms with E-state index in [1.54, 1.807) is 29.4 Å². The quantitative estimate of drug-likeness (QED) is 0.603. The van der Waals surface area contributed by atoms with Crippen molar-refractivity contribution in [3.63, 3.8) is 0 Å². The van der Waals surface area contributed by atoms with Gasteiger partial charge in [-0.3, -0.25) is 9.78 Å². The van der Waals surface area contributed by atoms with E-state index in [9.17, 15) is 18.0 Å². The van der Waals surface area contributed by atoms with Gasteiger partial charge in [0.2, 0.25) is 5.91 Å². The Labute approximate surface area is 179 Å². The predicted octanol–water partition coefficient (Wildman–Crippen LogP) is 4.99. The number of alkyl halides is 3. The van der Waals surface area contributed by atoms with Gasteiger partial charge in [-0.25, -0.2) is 0 Å². The van der Waals surface area contributed by atoms with Gasteiger partial charge in [0.1, 0.15) is 6.04 Å². The highest BCUT2D eigenvalue weighted by atomic mass is 19.4. The number of nitrogens with zero attached hydrogens (tertiary/aromatic N) is 2. The summed E-state index contributed by atoms with van der Waals surface area (Å²) in [6.45, 7) is 4.22. The number of carbonyl (C=O) groups is 1. The first kappa shape index (κ1) is 22.5. The van der Waals surface area contributed by atoms with E-state index in [0.717, 1.165) is 23.3 Å². The lowest BCUT2D eigenvalue weighted by molar-refractivity contribution is -0.137. The number of aromatic nitrogens is 1. The van der Waals surface area contributed by atoms with Crippen molar-refractivity contribution in [1.29, 1.82) is 0 Å². The summed E-state index contributed by atoms with van der Waals surface area (Å²) in [6.07, 6.45) is -0.837. The van der Waals surface area contributed by atoms with E-state index in [2.05, 4.69) is 4.98 Å². The normalized spacial score (nSPS) is 12.5. The third-order valence-electron chi connectivity index (χ3n) is 5.28. The summed E-state index contributed by atoms with van der Waals surface area (Å²) in [5, 5.41) is 0. The Bertz CT molecular complexity index is 1030. The molecule has 4 nitrogen and oxygen atoms in total. The Hall–Kier alpha value is -3.19. The number of halogens is 3. The van der Waals surface area contributed by atoms with Crippen molar-refractivity contribution in [2.75, 3.05) is 11.4 Å². The number of benzene rings is 2. The molecular weight excluding hydrogens is 403 g/mol. The first-order valence-electron chi connectivity index (χ1n) is 9.87. The van der Waals surface area contributed by atoms with Crippen LogP contribution < -0.4 is 10.6 Å². The monoisotopic (exact) mass is 427 g/mol. The molecule has 0 radical (unpaired) electrons. The minimum atomic E-state index is -4.38. The van der Waals surface area contributed by atoms with Gasteiger partial charge in [-0.15, -0.1) is 0 Å². The molecule has 3 aromatic rings. The number of hydrogen-bond acceptors (Lipinski definition) is 3. The maximum Gasteiger partial charge on any atom is 0.416 e. The van der Waals surface area contributed by atoms with Crippen LogP contribution in [0.1, 0.15) is 33.9 Å². The highest BCUT2D eigenvalue weighted by Gasteiger charge is 2.30. The number of amides is 1. The van der Waals surface area contributed by atoms with E-state index in [4.69, 9.17) is 5.73 Å². The average Bonchev–Trinajstić information content (AvgIpc) is 2.76. The molecule has 2 aromatic carbocycles. The summed E-state index contributed by atoms with van der Waals surface area (Å²) in [4.78, 5) is 18.9. The summed E-state index contributed by atoms with van der Waals surface area (Å²) in [5.74, 6) is -0.303. The molecule has 0 aliphatic carbocycles. The van der Waals surface area contributed by atoms with E-state index in [0.29, 0.717) is 23.2 Å². The summed E-state index contributed by atoms with van der Waals surface area (Å²) in [6, 6.07) is 13.2. The largest absolute Gasteiger partial charge is 0.416 e. The number of anilines is 1. The van der Waals surface area contributed by atoms with Crippen LogP contribution >= 0.6 is 0 Å². The van der Waals surface area contributed by atoms with Crippen molar-refractivity contribution in [3.8, 4) is 0 Å². The smallest absolute Gasteiger partial charge is 0.316 e. The van der Waals surface area contributed by atoms with Gasteiger partial charge in [0.15, 0.2) is 0 Å². The van der Waals surface area contributed by atoms with Crippen LogP contribution in [-0.2, 0) is 17.4 Å². The van der Waals surface area contributed by atoms with Crippen molar-refractivity contribution in [2.24, 2.45) is 5.73 Å². The fourth-order valence-electron chi connectivity index (χ4n) is 3.23. The van der Waals surface area contributed by atoms with Gasteiger partial charge in [-0.05, 0) is 72.9 Å². The standard InChI is InChI=1S/C24H24F3N3O/c1-16-5-10-21(14-17(16)2)30(23(31)22(28)19-4-3-12-29-15-19)13-11-18-6-8-20(9-7-18)24(25,26)27/h3-10,12,14-15,22H,11,13,28H2,1-2H3. The topological polar surface area (TPSA) is 59.2 Å². The van der Waals surface area contributed by atoms with Gasteiger partial charge in [-0.1, -0.05) is 24.3 Å². The van der Waals surface area contributed by atoms with E-state index in [1.165, 1.54) is 12.1 Å². The molecule has 1 atom stereocenters. The molecule has 7 heteroatoms. The van der Waals surface area contributed by atoms with Crippen molar-refractivity contribution >= 4 is 11.6 Å². The van der Waals surface area contributed by atoms with E-state index in [1.807, 2.05) is 32.0 Å². The molecule has 0 aliphatic rings. The summed E-state index contributed by atoms with van der Waals surface area (Å²) in [5.41, 5.74) is 9.63. The van der Waals surface area contributed by atoms with Crippen molar-refractivity contribution in [2.45, 2.75) is 32.5 Å². The third-order valence-corrected chi connectivity index (χ3v) is 5.28. The molecule has 1 amide bonds. The van der Waals surface area contributed by atoms with Crippen LogP contribution in [0.15, 0.2) is 67.0 Å². The molecule has 1 aromatic heterocycles. The molecule has 162 valence electrons. The van der Waals surface area contributed by atoms with Crippen LogP contribution in [0.3, 0.4) is 0 Å². The van der Waals surface area contributed by atoms with Crippen LogP contribution in [0, 0.1) is 13.8 Å². The Kier molecular flexibility index (Phi) is 6.75. The highest BCUT2D eigenvalue weighted by molar-refractivity contribution is 5.97. The lowest BCUT2D eigenvalue weighted by atomic mass is 10.0. The second-order valence-corrected chi connectivity index (χ2v) is 7.47. The molecule has 3 rings (SSSR count). The number of carbonyl (C=O) groups excluding carboxylic acids is 1. The Balaban J connectivity index is 1.85. The third kappa shape index (κ3) is 5.49. The van der Waals surface area contributed by atoms with Gasteiger partial charge in [0.25, 0.3) is 0 Å². The Morgan fingerprint density at radius 1 is 1.06 bits per heavy atom. The van der Waals surface area contributed by atoms with Crippen LogP contribution in [0.25, 0.3) is 0 Å². The zero-order chi connectivity index (χ0) is 22.6. The molecule has 1 heterocycles. The van der Waals surface area contributed by atoms with Crippen LogP contribution in [0.4, 0.5) is 18.9 Å². The molecule has 2 N–H and O–H groups in total. The van der Waals surface area contributed by atoms with Crippen LogP contribution in [0.2, 0.25) is 0 Å². The molecule has 0 saturated carbocycles. The number of aryl methyl sites for hydroxylation is 2. The maximum atomic E-state index is 13.3. The van der Waals surface area contributed by atoms with Crippen molar-refractivity contribution in [1.82, 2.24) is 4.98 Å². The van der Waals surface area contributed by atoms with Crippen LogP contribution in [-0.4, -0.2) is 17.4 Å². The summed E-state index contributed by atoms with van der Waals surface area (Å²) < 4.78 is 38.4. The summed E-state index contributed by atoms with van der Waals surface area (Å²) in [7, 11) is 0. The van der Waals surface area contributed by atoms with Gasteiger partial charge in [-0.2, -0.15) is 13.2 Å². The lowest BCUT2D eigenvalue weighted by Crippen LogP contribution is -2.40. The minimum Gasteiger partial charge on any atom is -0.316 e. The van der Waals surface area contributed by atoms with Gasteiger partial charge in [0.05, 0.1) is 5.56 Å². The first-order chi connectivity index (χ1) is 14.7. The van der Waals surface area contributed by atoms with E-state index >= 15 is 0 Å². The molecular formula is C24H24F3N3O. The number of pyridine rings is 1. The average molecular weight is 427 g/mol. The number of nitrogens with two attached hydrogens (primary N) is 1. The van der Waals surface area contributed by atoms with Gasteiger partial charge >= 0.3 is 6.18 Å². The first-order valence-corrected chi connectivity index (χ1v) is 9.87. The van der Waals surface area contributed by atoms with Gasteiger partial charge < -0.3 is 10.6 Å². The van der Waals surface area contributed by atoms with E-state index < -0.39 is 17.8 Å². The fourth-order valence-corrected chi connectivity index (χ4v) is 3.23. The lowest BCUT2D eigenvalue weighted by Gasteiger charge is -2.27. The molecule has 1 unspecified atom stereocenters. The van der Waals surface area contributed by atoms with Gasteiger partial charge in [0, 0.05) is 24.6 Å². The molecule has 31 heavy (non-hydrogen) atoms. The van der Waals surface area contributed by atoms with E-state index in [-0.39, 0.29) is 12.5 Å². The highest BCUT2D eigenvalue weighted by Crippen LogP contribution is 2.29. The minimum absolute atomic E-state index is 0.278. The molecule has 0 saturated heterocycles. The SMILES string of the molecule is Cc1ccc(N(CCc2ccc(C(F)(F)F)cc2)C(=O)C(N)c2cccnc2)cc1C. The Morgan fingerprint density at radius 2 is 1.77 bits per heavy atom. The van der Waals surface area contributed by atoms with Crippen molar-refractivity contribution < 1.29 is 18.0 Å². The molecule has 0 aliphatic heterocycles. The molecule has 0 fully saturated rings. The fraction of sp³-hybridized carbons (Fsp3) is 0.250. The Morgan fingerprint density at radius 3 is 2.35 bits per heavy atom. The zero-order valence-electron chi connectivity index (χ0n) is 17.4. The number of rotatable bonds is 6. The second kappa shape index (κ2) is 9.31. The zero-order valence-corrected chi connectivity index (χ0v) is 17.4.